The molecule has 0 radical (unpaired) electrons. The monoisotopic (exact) mass is 517 g/mol. The maximum Gasteiger partial charge on any atom is 0.407 e. The Labute approximate surface area is 212 Å². The van der Waals surface area contributed by atoms with Gasteiger partial charge in [0.05, 0.1) is 35.4 Å². The molecule has 0 bridgehead atoms. The first kappa shape index (κ1) is 25.7. The molecule has 194 valence electrons. The van der Waals surface area contributed by atoms with Gasteiger partial charge in [0.25, 0.3) is 5.91 Å². The van der Waals surface area contributed by atoms with Crippen LogP contribution in [-0.2, 0) is 9.53 Å². The molecule has 36 heavy (non-hydrogen) atoms. The van der Waals surface area contributed by atoms with Gasteiger partial charge >= 0.3 is 6.09 Å². The number of piperidine rings is 1. The molecule has 1 fully saturated rings. The van der Waals surface area contributed by atoms with Crippen LogP contribution in [0.3, 0.4) is 0 Å². The van der Waals surface area contributed by atoms with E-state index in [1.165, 1.54) is 11.3 Å². The van der Waals surface area contributed by atoms with E-state index < -0.39 is 23.7 Å². The standard InChI is InChI=1S/C24H31N5O6S/c1-24(2,3)35-23(33)25-13-15(30)11-20(31)26-19-12-16(27-28-19)17-6-4-5-8-29(17)21(32)18-10-14-7-9-34-22(14)36-18/h7,9-10,12,15,17,30H,4-6,8,11,13H2,1-3H3,(H,25,33)(H2,26,27,28,31). The number of hydrogen-bond donors (Lipinski definition) is 4. The maximum absolute atomic E-state index is 13.3. The second-order valence-corrected chi connectivity index (χ2v) is 10.8. The summed E-state index contributed by atoms with van der Waals surface area (Å²) in [7, 11) is 0. The lowest BCUT2D eigenvalue weighted by atomic mass is 9.99. The van der Waals surface area contributed by atoms with Gasteiger partial charge in [-0.3, -0.25) is 14.7 Å². The molecule has 0 aliphatic carbocycles. The predicted molar refractivity (Wildman–Crippen MR) is 134 cm³/mol. The molecule has 0 spiro atoms. The maximum atomic E-state index is 13.3. The third-order valence-corrected chi connectivity index (χ3v) is 6.68. The van der Waals surface area contributed by atoms with Crippen LogP contribution in [0.2, 0.25) is 0 Å². The van der Waals surface area contributed by atoms with Crippen molar-refractivity contribution in [3.63, 3.8) is 0 Å². The quantitative estimate of drug-likeness (QED) is 0.372. The van der Waals surface area contributed by atoms with Crippen LogP contribution in [-0.4, -0.2) is 62.9 Å². The zero-order valence-corrected chi connectivity index (χ0v) is 21.3. The number of carbonyl (C=O) groups is 3. The molecule has 2 unspecified atom stereocenters. The molecule has 1 saturated heterocycles. The van der Waals surface area contributed by atoms with Crippen molar-refractivity contribution in [3.8, 4) is 0 Å². The molecule has 4 N–H and O–H groups in total. The molecule has 4 rings (SSSR count). The number of aromatic amines is 1. The van der Waals surface area contributed by atoms with E-state index in [2.05, 4.69) is 20.8 Å². The number of aliphatic hydroxyl groups excluding tert-OH is 1. The molecule has 11 nitrogen and oxygen atoms in total. The number of rotatable bonds is 7. The van der Waals surface area contributed by atoms with Crippen molar-refractivity contribution in [2.24, 2.45) is 0 Å². The van der Waals surface area contributed by atoms with Gasteiger partial charge in [-0.15, -0.1) is 0 Å². The molecule has 12 heteroatoms. The number of H-pyrrole nitrogens is 1. The van der Waals surface area contributed by atoms with Gasteiger partial charge in [-0.25, -0.2) is 4.79 Å². The summed E-state index contributed by atoms with van der Waals surface area (Å²) in [5.41, 5.74) is 0.0729. The van der Waals surface area contributed by atoms with Crippen molar-refractivity contribution in [2.75, 3.05) is 18.4 Å². The largest absolute Gasteiger partial charge is 0.454 e. The molecule has 3 aromatic rings. The minimum Gasteiger partial charge on any atom is -0.454 e. The number of ether oxygens (including phenoxy) is 1. The summed E-state index contributed by atoms with van der Waals surface area (Å²) >= 11 is 1.33. The minimum absolute atomic E-state index is 0.0584. The highest BCUT2D eigenvalue weighted by atomic mass is 32.1. The van der Waals surface area contributed by atoms with Crippen LogP contribution in [0.4, 0.5) is 10.6 Å². The highest BCUT2D eigenvalue weighted by molar-refractivity contribution is 7.20. The number of thiophene rings is 1. The SMILES string of the molecule is CC(C)(C)OC(=O)NCC(O)CC(=O)Nc1cc(C2CCCCN2C(=O)c2cc3ccoc3s2)[nH]n1. The third-order valence-electron chi connectivity index (χ3n) is 5.65. The Morgan fingerprint density at radius 3 is 2.89 bits per heavy atom. The van der Waals surface area contributed by atoms with Crippen molar-refractivity contribution in [1.82, 2.24) is 20.4 Å². The van der Waals surface area contributed by atoms with Gasteiger partial charge in [-0.05, 0) is 52.2 Å². The third kappa shape index (κ3) is 6.43. The molecule has 0 saturated carbocycles. The molecule has 4 heterocycles. The Morgan fingerprint density at radius 2 is 2.14 bits per heavy atom. The van der Waals surface area contributed by atoms with Crippen LogP contribution in [0.15, 0.2) is 28.9 Å². The number of anilines is 1. The normalized spacial score (nSPS) is 17.1. The summed E-state index contributed by atoms with van der Waals surface area (Å²) < 4.78 is 10.5. The lowest BCUT2D eigenvalue weighted by molar-refractivity contribution is -0.118. The van der Waals surface area contributed by atoms with E-state index in [-0.39, 0.29) is 24.9 Å². The van der Waals surface area contributed by atoms with Gasteiger partial charge in [0, 0.05) is 24.5 Å². The Bertz CT molecular complexity index is 1200. The number of alkyl carbamates (subject to hydrolysis) is 1. The molecular weight excluding hydrogens is 486 g/mol. The first-order valence-corrected chi connectivity index (χ1v) is 12.7. The fourth-order valence-corrected chi connectivity index (χ4v) is 5.02. The number of aliphatic hydroxyl groups is 1. The van der Waals surface area contributed by atoms with Crippen LogP contribution in [0.5, 0.6) is 0 Å². The van der Waals surface area contributed by atoms with Crippen LogP contribution in [0, 0.1) is 0 Å². The highest BCUT2D eigenvalue weighted by Crippen LogP contribution is 2.34. The topological polar surface area (TPSA) is 150 Å². The second-order valence-electron chi connectivity index (χ2n) is 9.78. The lowest BCUT2D eigenvalue weighted by Crippen LogP contribution is -2.38. The second kappa shape index (κ2) is 10.7. The Kier molecular flexibility index (Phi) is 7.65. The van der Waals surface area contributed by atoms with Gasteiger partial charge in [0.15, 0.2) is 10.7 Å². The van der Waals surface area contributed by atoms with E-state index in [9.17, 15) is 19.5 Å². The number of hydrogen-bond acceptors (Lipinski definition) is 8. The molecule has 2 atom stereocenters. The van der Waals surface area contributed by atoms with E-state index in [0.717, 1.165) is 35.2 Å². The van der Waals surface area contributed by atoms with Crippen LogP contribution < -0.4 is 10.6 Å². The molecule has 3 aromatic heterocycles. The predicted octanol–water partition coefficient (Wildman–Crippen LogP) is 3.80. The zero-order valence-electron chi connectivity index (χ0n) is 20.5. The first-order chi connectivity index (χ1) is 17.1. The van der Waals surface area contributed by atoms with Crippen LogP contribution in [0.1, 0.15) is 67.9 Å². The van der Waals surface area contributed by atoms with Crippen molar-refractivity contribution in [3.05, 3.63) is 35.0 Å². The summed E-state index contributed by atoms with van der Waals surface area (Å²) in [5, 5.41) is 23.2. The summed E-state index contributed by atoms with van der Waals surface area (Å²) in [5.74, 6) is -0.213. The summed E-state index contributed by atoms with van der Waals surface area (Å²) in [6.07, 6.45) is 2.28. The van der Waals surface area contributed by atoms with Crippen molar-refractivity contribution >= 4 is 45.3 Å². The highest BCUT2D eigenvalue weighted by Gasteiger charge is 2.31. The molecule has 1 aliphatic rings. The molecule has 0 aromatic carbocycles. The average Bonchev–Trinajstić information content (AvgIpc) is 3.53. The number of carbonyl (C=O) groups excluding carboxylic acids is 3. The van der Waals surface area contributed by atoms with E-state index >= 15 is 0 Å². The Morgan fingerprint density at radius 1 is 1.33 bits per heavy atom. The van der Waals surface area contributed by atoms with E-state index in [0.29, 0.717) is 17.2 Å². The molecule has 1 aliphatic heterocycles. The number of amides is 3. The lowest BCUT2D eigenvalue weighted by Gasteiger charge is -2.34. The van der Waals surface area contributed by atoms with Crippen LogP contribution >= 0.6 is 11.3 Å². The Hall–Kier alpha value is -3.38. The number of likely N-dealkylation sites (tertiary alicyclic amines) is 1. The van der Waals surface area contributed by atoms with E-state index in [1.54, 1.807) is 33.1 Å². The number of nitrogens with zero attached hydrogens (tertiary/aromatic N) is 2. The van der Waals surface area contributed by atoms with E-state index in [4.69, 9.17) is 9.15 Å². The number of furan rings is 1. The summed E-state index contributed by atoms with van der Waals surface area (Å²) in [6.45, 7) is 5.70. The van der Waals surface area contributed by atoms with Gasteiger partial charge in [-0.1, -0.05) is 11.3 Å². The van der Waals surface area contributed by atoms with Crippen molar-refractivity contribution < 1.29 is 28.6 Å². The van der Waals surface area contributed by atoms with E-state index in [1.807, 2.05) is 17.0 Å². The van der Waals surface area contributed by atoms with Crippen molar-refractivity contribution in [2.45, 2.75) is 64.2 Å². The average molecular weight is 518 g/mol. The summed E-state index contributed by atoms with van der Waals surface area (Å²) in [4.78, 5) is 40.5. The molecule has 3 amide bonds. The van der Waals surface area contributed by atoms with Gasteiger partial charge < -0.3 is 29.8 Å². The Balaban J connectivity index is 1.32. The van der Waals surface area contributed by atoms with Crippen molar-refractivity contribution in [1.29, 1.82) is 0 Å². The number of aromatic nitrogens is 2. The van der Waals surface area contributed by atoms with Gasteiger partial charge in [0.1, 0.15) is 5.60 Å². The zero-order chi connectivity index (χ0) is 25.9. The smallest absolute Gasteiger partial charge is 0.407 e. The number of fused-ring (bicyclic) bond motifs is 1. The van der Waals surface area contributed by atoms with Gasteiger partial charge in [0.2, 0.25) is 5.91 Å². The fourth-order valence-electron chi connectivity index (χ4n) is 4.08. The fraction of sp³-hybridized carbons (Fsp3) is 0.500. The first-order valence-electron chi connectivity index (χ1n) is 11.9. The van der Waals surface area contributed by atoms with Crippen LogP contribution in [0.25, 0.3) is 10.3 Å². The number of nitrogens with one attached hydrogen (secondary N) is 3. The minimum atomic E-state index is -1.09. The summed E-state index contributed by atoms with van der Waals surface area (Å²) in [6, 6.07) is 5.20. The molecular formula is C24H31N5O6S. The van der Waals surface area contributed by atoms with Gasteiger partial charge in [-0.2, -0.15) is 5.10 Å².